The molecule has 3 aromatic rings. The number of pyridine rings is 1. The summed E-state index contributed by atoms with van der Waals surface area (Å²) in [6.45, 7) is 4.84. The molecule has 7 rings (SSSR count). The molecule has 0 unspecified atom stereocenters. The van der Waals surface area contributed by atoms with Gasteiger partial charge in [-0.15, -0.1) is 0 Å². The van der Waals surface area contributed by atoms with Crippen molar-refractivity contribution < 1.29 is 17.9 Å². The van der Waals surface area contributed by atoms with Crippen molar-refractivity contribution in [2.24, 2.45) is 7.05 Å². The maximum absolute atomic E-state index is 14.8. The predicted octanol–water partition coefficient (Wildman–Crippen LogP) is 3.31. The Labute approximate surface area is 210 Å². The van der Waals surface area contributed by atoms with Crippen LogP contribution < -0.4 is 16.4 Å². The summed E-state index contributed by atoms with van der Waals surface area (Å²) in [5.74, 6) is -0.708. The van der Waals surface area contributed by atoms with E-state index >= 15 is 0 Å². The second-order valence-corrected chi connectivity index (χ2v) is 10.6. The van der Waals surface area contributed by atoms with Crippen molar-refractivity contribution in [3.8, 4) is 0 Å². The van der Waals surface area contributed by atoms with Gasteiger partial charge in [-0.1, -0.05) is 18.2 Å². The Morgan fingerprint density at radius 1 is 1.05 bits per heavy atom. The molecule has 3 heterocycles. The molecule has 4 aliphatic rings. The van der Waals surface area contributed by atoms with Gasteiger partial charge in [-0.2, -0.15) is 5.10 Å². The van der Waals surface area contributed by atoms with Crippen molar-refractivity contribution in [2.75, 3.05) is 31.6 Å². The number of hydrogen-bond acceptors (Lipinski definition) is 6. The molecule has 3 aliphatic carbocycles. The van der Waals surface area contributed by atoms with Gasteiger partial charge in [-0.3, -0.25) is 14.5 Å². The van der Waals surface area contributed by atoms with Gasteiger partial charge in [-0.05, 0) is 26.2 Å². The van der Waals surface area contributed by atoms with E-state index in [1.165, 1.54) is 25.2 Å². The largest absolute Gasteiger partial charge is 0.379 e. The molecule has 0 amide bonds. The highest BCUT2D eigenvalue weighted by molar-refractivity contribution is 5.90. The Balaban J connectivity index is 1.36. The van der Waals surface area contributed by atoms with E-state index in [0.717, 1.165) is 43.1 Å². The summed E-state index contributed by atoms with van der Waals surface area (Å²) in [5.41, 5.74) is -1.48. The van der Waals surface area contributed by atoms with Crippen molar-refractivity contribution in [2.45, 2.75) is 49.7 Å². The van der Waals surface area contributed by atoms with Gasteiger partial charge in [-0.25, -0.2) is 17.9 Å². The van der Waals surface area contributed by atoms with E-state index in [1.807, 2.05) is 0 Å². The number of rotatable bonds is 6. The van der Waals surface area contributed by atoms with E-state index < -0.39 is 29.4 Å². The topological polar surface area (TPSA) is 81.4 Å². The van der Waals surface area contributed by atoms with Crippen molar-refractivity contribution >= 4 is 16.6 Å². The highest BCUT2D eigenvalue weighted by Gasteiger charge is 2.71. The van der Waals surface area contributed by atoms with Crippen LogP contribution in [0.15, 0.2) is 40.1 Å². The molecule has 0 spiro atoms. The van der Waals surface area contributed by atoms with Gasteiger partial charge in [0.1, 0.15) is 5.82 Å². The zero-order valence-corrected chi connectivity index (χ0v) is 20.6. The number of alkyl halides is 2. The molecule has 8 nitrogen and oxygen atoms in total. The van der Waals surface area contributed by atoms with Crippen LogP contribution in [0.25, 0.3) is 10.8 Å². The van der Waals surface area contributed by atoms with E-state index in [-0.39, 0.29) is 33.4 Å². The summed E-state index contributed by atoms with van der Waals surface area (Å²) < 4.78 is 49.6. The van der Waals surface area contributed by atoms with Gasteiger partial charge < -0.3 is 14.6 Å². The molecule has 11 heteroatoms. The molecule has 1 N–H and O–H groups in total. The number of hydrogen-bond donors (Lipinski definition) is 1. The minimum absolute atomic E-state index is 0.0572. The average Bonchev–Trinajstić information content (AvgIpc) is 2.82. The minimum Gasteiger partial charge on any atom is -0.379 e. The summed E-state index contributed by atoms with van der Waals surface area (Å²) in [6.07, 6.45) is 1.30. The van der Waals surface area contributed by atoms with Gasteiger partial charge in [0.25, 0.3) is 17.5 Å². The lowest BCUT2D eigenvalue weighted by Crippen LogP contribution is -2.80. The zero-order valence-electron chi connectivity index (χ0n) is 20.6. The Kier molecular flexibility index (Phi) is 5.50. The van der Waals surface area contributed by atoms with Gasteiger partial charge in [0.15, 0.2) is 5.82 Å². The second kappa shape index (κ2) is 8.42. The number of anilines is 1. The fraction of sp³-hybridized carbons (Fsp3) is 0.500. The fourth-order valence-corrected chi connectivity index (χ4v) is 6.46. The molecule has 2 aromatic heterocycles. The quantitative estimate of drug-likeness (QED) is 0.543. The molecule has 1 atom stereocenters. The summed E-state index contributed by atoms with van der Waals surface area (Å²) in [4.78, 5) is 28.5. The lowest BCUT2D eigenvalue weighted by molar-refractivity contribution is -0.221. The first kappa shape index (κ1) is 24.2. The molecular formula is C26H28F3N5O3. The van der Waals surface area contributed by atoms with Crippen LogP contribution in [0.3, 0.4) is 0 Å². The number of ether oxygens (including phenoxy) is 1. The summed E-state index contributed by atoms with van der Waals surface area (Å²) >= 11 is 0. The van der Waals surface area contributed by atoms with Gasteiger partial charge >= 0.3 is 0 Å². The van der Waals surface area contributed by atoms with Crippen molar-refractivity contribution in [3.63, 3.8) is 0 Å². The van der Waals surface area contributed by atoms with E-state index in [2.05, 4.69) is 15.3 Å². The van der Waals surface area contributed by atoms with E-state index in [4.69, 9.17) is 4.74 Å². The number of fused-ring (bicyclic) bond motifs is 1. The number of nitrogens with one attached hydrogen (secondary N) is 1. The number of aryl methyl sites for hydroxylation is 1. The number of morpholine rings is 1. The third-order valence-electron chi connectivity index (χ3n) is 8.36. The highest BCUT2D eigenvalue weighted by Crippen LogP contribution is 2.67. The maximum Gasteiger partial charge on any atom is 0.274 e. The molecule has 1 saturated heterocycles. The molecule has 37 heavy (non-hydrogen) atoms. The third kappa shape index (κ3) is 3.62. The van der Waals surface area contributed by atoms with Crippen LogP contribution in [0.4, 0.5) is 19.0 Å². The molecular weight excluding hydrogens is 487 g/mol. The summed E-state index contributed by atoms with van der Waals surface area (Å²) in [7, 11) is 1.47. The third-order valence-corrected chi connectivity index (χ3v) is 8.36. The van der Waals surface area contributed by atoms with Crippen LogP contribution in [-0.2, 0) is 17.3 Å². The second-order valence-electron chi connectivity index (χ2n) is 10.6. The smallest absolute Gasteiger partial charge is 0.274 e. The Bertz CT molecular complexity index is 1490. The number of nitrogens with zero attached hydrogens (tertiary/aromatic N) is 4. The molecule has 1 aliphatic heterocycles. The van der Waals surface area contributed by atoms with Crippen LogP contribution >= 0.6 is 0 Å². The van der Waals surface area contributed by atoms with Gasteiger partial charge in [0.2, 0.25) is 0 Å². The monoisotopic (exact) mass is 515 g/mol. The Morgan fingerprint density at radius 3 is 2.41 bits per heavy atom. The maximum atomic E-state index is 14.8. The molecule has 0 radical (unpaired) electrons. The first-order valence-electron chi connectivity index (χ1n) is 12.4. The number of aromatic nitrogens is 3. The molecule has 2 bridgehead atoms. The Hall–Kier alpha value is -3.18. The molecule has 4 fully saturated rings. The van der Waals surface area contributed by atoms with Crippen molar-refractivity contribution in [3.05, 3.63) is 68.1 Å². The zero-order chi connectivity index (χ0) is 26.1. The van der Waals surface area contributed by atoms with Crippen LogP contribution in [0.1, 0.15) is 49.8 Å². The first-order valence-corrected chi connectivity index (χ1v) is 12.4. The molecule has 3 saturated carbocycles. The van der Waals surface area contributed by atoms with Crippen LogP contribution in [-0.4, -0.2) is 51.1 Å². The van der Waals surface area contributed by atoms with Crippen LogP contribution in [0.2, 0.25) is 0 Å². The molecule has 196 valence electrons. The Morgan fingerprint density at radius 2 is 1.73 bits per heavy atom. The lowest BCUT2D eigenvalue weighted by atomic mass is 9.43. The number of halogens is 3. The predicted molar refractivity (Wildman–Crippen MR) is 132 cm³/mol. The normalized spacial score (nSPS) is 26.1. The fourth-order valence-electron chi connectivity index (χ4n) is 6.46. The van der Waals surface area contributed by atoms with E-state index in [0.29, 0.717) is 18.6 Å². The highest BCUT2D eigenvalue weighted by atomic mass is 19.3. The van der Waals surface area contributed by atoms with Gasteiger partial charge in [0, 0.05) is 48.9 Å². The number of benzene rings is 1. The average molecular weight is 516 g/mol. The van der Waals surface area contributed by atoms with E-state index in [9.17, 15) is 22.8 Å². The van der Waals surface area contributed by atoms with Crippen LogP contribution in [0.5, 0.6) is 0 Å². The molecule has 1 aromatic carbocycles. The standard InChI is InChI=1S/C26H28F3N5O3/c1-15(16-4-3-5-17(21(16)27)22(28)29)30-23-19-11-34(20(35)10-18(19)24(36)32(2)31-23)26-12-25(13-26,14-26)33-6-8-37-9-7-33/h3-5,10-11,15,22H,6-9,12-14H2,1-2H3,(H,30,31)/t15-,25?,26?/m1/s1. The van der Waals surface area contributed by atoms with Crippen LogP contribution in [0, 0.1) is 5.82 Å². The van der Waals surface area contributed by atoms with Gasteiger partial charge in [0.05, 0.1) is 35.7 Å². The SMILES string of the molecule is C[C@@H](Nc1nn(C)c(=O)c2cc(=O)n(C34CC(N5CCOCC5)(C3)C4)cc12)c1cccc(C(F)F)c1F. The minimum atomic E-state index is -2.94. The van der Waals surface area contributed by atoms with E-state index in [1.54, 1.807) is 17.7 Å². The van der Waals surface area contributed by atoms with Crippen molar-refractivity contribution in [1.82, 2.24) is 19.2 Å². The first-order chi connectivity index (χ1) is 17.6. The van der Waals surface area contributed by atoms with Crippen molar-refractivity contribution in [1.29, 1.82) is 0 Å². The summed E-state index contributed by atoms with van der Waals surface area (Å²) in [5, 5.41) is 8.06. The summed E-state index contributed by atoms with van der Waals surface area (Å²) in [6, 6.07) is 4.49. The lowest BCUT2D eigenvalue weighted by Gasteiger charge is -2.74.